The van der Waals surface area contributed by atoms with Crippen molar-refractivity contribution in [3.63, 3.8) is 0 Å². The second kappa shape index (κ2) is 5.47. The van der Waals surface area contributed by atoms with E-state index in [4.69, 9.17) is 10.2 Å². The Hall–Kier alpha value is -1.51. The first-order chi connectivity index (χ1) is 9.37. The van der Waals surface area contributed by atoms with Crippen molar-refractivity contribution in [3.8, 4) is 0 Å². The Balaban J connectivity index is 2.47. The summed E-state index contributed by atoms with van der Waals surface area (Å²) < 4.78 is 39.5. The van der Waals surface area contributed by atoms with Crippen LogP contribution in [-0.4, -0.2) is 48.1 Å². The minimum Gasteiger partial charge on any atom is -0.478 e. The molecule has 0 spiro atoms. The lowest BCUT2D eigenvalue weighted by Crippen LogP contribution is -2.36. The number of hydrogen-bond acceptors (Lipinski definition) is 4. The molecular weight excluding hydrogens is 289 g/mol. The van der Waals surface area contributed by atoms with E-state index in [9.17, 15) is 17.6 Å². The number of benzene rings is 1. The molecule has 1 fully saturated rings. The molecule has 8 heteroatoms. The number of halogens is 1. The molecule has 0 aromatic heterocycles. The van der Waals surface area contributed by atoms with Crippen LogP contribution >= 0.6 is 0 Å². The Morgan fingerprint density at radius 3 is 2.55 bits per heavy atom. The maximum Gasteiger partial charge on any atom is 0.335 e. The quantitative estimate of drug-likeness (QED) is 0.805. The average molecular weight is 303 g/mol. The second-order valence-electron chi connectivity index (χ2n) is 4.52. The fourth-order valence-electron chi connectivity index (χ4n) is 1.92. The Kier molecular flexibility index (Phi) is 4.07. The van der Waals surface area contributed by atoms with E-state index >= 15 is 0 Å². The fourth-order valence-corrected chi connectivity index (χ4v) is 3.69. The number of aromatic carboxylic acids is 1. The van der Waals surface area contributed by atoms with E-state index in [0.717, 1.165) is 22.5 Å². The summed E-state index contributed by atoms with van der Waals surface area (Å²) >= 11 is 0. The SMILES string of the molecule is O=C(O)c1ccc(F)c(S(=O)(=O)N(CCO)C2CC2)c1. The number of sulfonamides is 1. The summed E-state index contributed by atoms with van der Waals surface area (Å²) in [6.45, 7) is -0.514. The smallest absolute Gasteiger partial charge is 0.335 e. The average Bonchev–Trinajstić information content (AvgIpc) is 3.19. The molecule has 1 aromatic carbocycles. The molecule has 2 N–H and O–H groups in total. The van der Waals surface area contributed by atoms with Gasteiger partial charge in [0.15, 0.2) is 0 Å². The van der Waals surface area contributed by atoms with Crippen molar-refractivity contribution >= 4 is 16.0 Å². The third-order valence-corrected chi connectivity index (χ3v) is 5.01. The van der Waals surface area contributed by atoms with Crippen molar-refractivity contribution in [1.29, 1.82) is 0 Å². The molecule has 0 atom stereocenters. The molecule has 0 saturated heterocycles. The number of carboxylic acids is 1. The van der Waals surface area contributed by atoms with Gasteiger partial charge in [0.2, 0.25) is 10.0 Å². The first kappa shape index (κ1) is 14.9. The molecule has 1 aliphatic carbocycles. The molecule has 0 radical (unpaired) electrons. The lowest BCUT2D eigenvalue weighted by Gasteiger charge is -2.21. The van der Waals surface area contributed by atoms with E-state index in [1.165, 1.54) is 0 Å². The highest BCUT2D eigenvalue weighted by atomic mass is 32.2. The molecule has 1 saturated carbocycles. The van der Waals surface area contributed by atoms with E-state index in [1.54, 1.807) is 0 Å². The highest BCUT2D eigenvalue weighted by Gasteiger charge is 2.39. The highest BCUT2D eigenvalue weighted by molar-refractivity contribution is 7.89. The summed E-state index contributed by atoms with van der Waals surface area (Å²) in [6, 6.07) is 2.38. The van der Waals surface area contributed by atoms with Gasteiger partial charge in [-0.1, -0.05) is 0 Å². The van der Waals surface area contributed by atoms with Gasteiger partial charge in [0.25, 0.3) is 0 Å². The van der Waals surface area contributed by atoms with Gasteiger partial charge >= 0.3 is 5.97 Å². The molecule has 0 aliphatic heterocycles. The zero-order valence-electron chi connectivity index (χ0n) is 10.5. The predicted molar refractivity (Wildman–Crippen MR) is 67.4 cm³/mol. The molecule has 0 bridgehead atoms. The normalized spacial score (nSPS) is 15.6. The summed E-state index contributed by atoms with van der Waals surface area (Å²) in [5, 5.41) is 17.8. The highest BCUT2D eigenvalue weighted by Crippen LogP contribution is 2.32. The van der Waals surface area contributed by atoms with Crippen LogP contribution in [-0.2, 0) is 10.0 Å². The molecule has 20 heavy (non-hydrogen) atoms. The molecule has 0 heterocycles. The van der Waals surface area contributed by atoms with Crippen LogP contribution in [0.1, 0.15) is 23.2 Å². The number of carboxylic acid groups (broad SMARTS) is 1. The Labute approximate surface area is 115 Å². The predicted octanol–water partition coefficient (Wildman–Crippen LogP) is 0.669. The van der Waals surface area contributed by atoms with Gasteiger partial charge in [-0.15, -0.1) is 0 Å². The Bertz CT molecular complexity index is 627. The van der Waals surface area contributed by atoms with Crippen LogP contribution in [0.15, 0.2) is 23.1 Å². The van der Waals surface area contributed by atoms with E-state index in [2.05, 4.69) is 0 Å². The maximum atomic E-state index is 13.8. The van der Waals surface area contributed by atoms with E-state index in [-0.39, 0.29) is 24.8 Å². The largest absolute Gasteiger partial charge is 0.478 e. The first-order valence-corrected chi connectivity index (χ1v) is 7.47. The summed E-state index contributed by atoms with van der Waals surface area (Å²) in [7, 11) is -4.15. The summed E-state index contributed by atoms with van der Waals surface area (Å²) in [4.78, 5) is 10.2. The van der Waals surface area contributed by atoms with E-state index in [0.29, 0.717) is 12.8 Å². The van der Waals surface area contributed by atoms with Crippen LogP contribution in [0.25, 0.3) is 0 Å². The third kappa shape index (κ3) is 2.82. The van der Waals surface area contributed by atoms with Gasteiger partial charge in [-0.2, -0.15) is 4.31 Å². The van der Waals surface area contributed by atoms with Crippen molar-refractivity contribution in [3.05, 3.63) is 29.6 Å². The van der Waals surface area contributed by atoms with Gasteiger partial charge in [0, 0.05) is 12.6 Å². The van der Waals surface area contributed by atoms with Crippen molar-refractivity contribution in [1.82, 2.24) is 4.31 Å². The van der Waals surface area contributed by atoms with Gasteiger partial charge < -0.3 is 10.2 Å². The van der Waals surface area contributed by atoms with Crippen molar-refractivity contribution in [2.75, 3.05) is 13.2 Å². The lowest BCUT2D eigenvalue weighted by atomic mass is 10.2. The molecule has 110 valence electrons. The minimum absolute atomic E-state index is 0.135. The number of aliphatic hydroxyl groups is 1. The van der Waals surface area contributed by atoms with Crippen LogP contribution in [0.2, 0.25) is 0 Å². The third-order valence-electron chi connectivity index (χ3n) is 3.04. The molecule has 1 aliphatic rings. The zero-order chi connectivity index (χ0) is 14.9. The molecular formula is C12H14FNO5S. The zero-order valence-corrected chi connectivity index (χ0v) is 11.3. The maximum absolute atomic E-state index is 13.8. The monoisotopic (exact) mass is 303 g/mol. The van der Waals surface area contributed by atoms with Gasteiger partial charge in [-0.25, -0.2) is 17.6 Å². The van der Waals surface area contributed by atoms with Crippen LogP contribution in [0, 0.1) is 5.82 Å². The van der Waals surface area contributed by atoms with Gasteiger partial charge in [-0.05, 0) is 31.0 Å². The summed E-state index contributed by atoms with van der Waals surface area (Å²) in [5.74, 6) is -2.33. The lowest BCUT2D eigenvalue weighted by molar-refractivity contribution is 0.0696. The summed E-state index contributed by atoms with van der Waals surface area (Å²) in [5.41, 5.74) is -0.301. The van der Waals surface area contributed by atoms with Gasteiger partial charge in [-0.3, -0.25) is 0 Å². The van der Waals surface area contributed by atoms with E-state index in [1.807, 2.05) is 0 Å². The number of carbonyl (C=O) groups is 1. The van der Waals surface area contributed by atoms with Gasteiger partial charge in [0.1, 0.15) is 10.7 Å². The molecule has 0 unspecified atom stereocenters. The minimum atomic E-state index is -4.15. The Morgan fingerprint density at radius 2 is 2.05 bits per heavy atom. The standard InChI is InChI=1S/C12H14FNO5S/c13-10-4-1-8(12(16)17)7-11(10)20(18,19)14(5-6-15)9-2-3-9/h1,4,7,9,15H,2-3,5-6H2,(H,16,17). The fraction of sp³-hybridized carbons (Fsp3) is 0.417. The number of hydrogen-bond donors (Lipinski definition) is 2. The number of rotatable bonds is 6. The van der Waals surface area contributed by atoms with Crippen LogP contribution in [0.5, 0.6) is 0 Å². The second-order valence-corrected chi connectivity index (χ2v) is 6.38. The molecule has 2 rings (SSSR count). The van der Waals surface area contributed by atoms with Crippen molar-refractivity contribution < 1.29 is 27.8 Å². The van der Waals surface area contributed by atoms with E-state index < -0.39 is 26.7 Å². The topological polar surface area (TPSA) is 94.9 Å². The van der Waals surface area contributed by atoms with Crippen LogP contribution in [0.3, 0.4) is 0 Å². The number of nitrogens with zero attached hydrogens (tertiary/aromatic N) is 1. The van der Waals surface area contributed by atoms with Crippen molar-refractivity contribution in [2.24, 2.45) is 0 Å². The molecule has 0 amide bonds. The molecule has 6 nitrogen and oxygen atoms in total. The van der Waals surface area contributed by atoms with Gasteiger partial charge in [0.05, 0.1) is 12.2 Å². The van der Waals surface area contributed by atoms with Crippen LogP contribution in [0.4, 0.5) is 4.39 Å². The first-order valence-electron chi connectivity index (χ1n) is 6.03. The van der Waals surface area contributed by atoms with Crippen molar-refractivity contribution in [2.45, 2.75) is 23.8 Å². The molecule has 1 aromatic rings. The number of aliphatic hydroxyl groups excluding tert-OH is 1. The Morgan fingerprint density at radius 1 is 1.40 bits per heavy atom. The van der Waals surface area contributed by atoms with Crippen LogP contribution < -0.4 is 0 Å². The summed E-state index contributed by atoms with van der Waals surface area (Å²) in [6.07, 6.45) is 1.30.